The number of morpholine rings is 1. The number of carbonyl (C=O) groups is 2. The predicted octanol–water partition coefficient (Wildman–Crippen LogP) is -2.31. The predicted molar refractivity (Wildman–Crippen MR) is 42.6 cm³/mol. The summed E-state index contributed by atoms with van der Waals surface area (Å²) in [5, 5.41) is 9.04. The van der Waals surface area contributed by atoms with Crippen LogP contribution >= 0.6 is 0 Å². The first-order valence-electron chi connectivity index (χ1n) is 3.97. The van der Waals surface area contributed by atoms with Crippen LogP contribution in [-0.4, -0.2) is 54.2 Å². The molecule has 0 radical (unpaired) electrons. The summed E-state index contributed by atoms with van der Waals surface area (Å²) in [5.41, 5.74) is 4.78. The Morgan fingerprint density at radius 1 is 1.38 bits per heavy atom. The van der Waals surface area contributed by atoms with Crippen molar-refractivity contribution in [1.82, 2.24) is 4.90 Å². The molecule has 1 heterocycles. The molecular weight excluding hydrogens is 176 g/mol. The minimum absolute atomic E-state index is 0.392. The Bertz CT molecular complexity index is 213. The zero-order chi connectivity index (χ0) is 9.84. The summed E-state index contributed by atoms with van der Waals surface area (Å²) in [7, 11) is 0. The minimum atomic E-state index is -1.72. The van der Waals surface area contributed by atoms with Crippen LogP contribution in [0.3, 0.4) is 0 Å². The van der Waals surface area contributed by atoms with Crippen molar-refractivity contribution in [3.63, 3.8) is 0 Å². The van der Waals surface area contributed by atoms with Gasteiger partial charge in [0.25, 0.3) is 11.8 Å². The van der Waals surface area contributed by atoms with Gasteiger partial charge >= 0.3 is 0 Å². The molecule has 1 saturated heterocycles. The molecule has 0 aromatic heterocycles. The molecule has 6 heteroatoms. The highest BCUT2D eigenvalue weighted by Gasteiger charge is 2.27. The highest BCUT2D eigenvalue weighted by molar-refractivity contribution is 6.02. The molecule has 0 aromatic carbocycles. The molecule has 1 rings (SSSR count). The standard InChI is InChI=1S/C7H12N2O4/c8-6(11)5(10)7(12)9-1-3-13-4-2-9/h5,10H,1-4H2,(H2,8,11)/t5-/m1/s1. The molecule has 0 saturated carbocycles. The molecular formula is C7H12N2O4. The maximum Gasteiger partial charge on any atom is 0.261 e. The van der Waals surface area contributed by atoms with Crippen LogP contribution in [0, 0.1) is 0 Å². The minimum Gasteiger partial charge on any atom is -0.378 e. The highest BCUT2D eigenvalue weighted by atomic mass is 16.5. The number of amides is 2. The molecule has 0 unspecified atom stereocenters. The summed E-state index contributed by atoms with van der Waals surface area (Å²) in [6, 6.07) is 0. The molecule has 1 atom stereocenters. The van der Waals surface area contributed by atoms with Gasteiger partial charge in [0.05, 0.1) is 13.2 Å². The van der Waals surface area contributed by atoms with Crippen molar-refractivity contribution in [2.24, 2.45) is 5.73 Å². The fourth-order valence-electron chi connectivity index (χ4n) is 1.08. The van der Waals surface area contributed by atoms with Crippen LogP contribution in [0.4, 0.5) is 0 Å². The number of aliphatic hydroxyl groups excluding tert-OH is 1. The Morgan fingerprint density at radius 2 is 1.92 bits per heavy atom. The Kier molecular flexibility index (Phi) is 3.21. The summed E-state index contributed by atoms with van der Waals surface area (Å²) in [6.07, 6.45) is -1.72. The summed E-state index contributed by atoms with van der Waals surface area (Å²) in [6.45, 7) is 1.64. The zero-order valence-electron chi connectivity index (χ0n) is 7.10. The van der Waals surface area contributed by atoms with E-state index in [1.807, 2.05) is 0 Å². The lowest BCUT2D eigenvalue weighted by Crippen LogP contribution is -2.49. The van der Waals surface area contributed by atoms with Gasteiger partial charge in [0.1, 0.15) is 0 Å². The van der Waals surface area contributed by atoms with Gasteiger partial charge in [0.15, 0.2) is 0 Å². The number of nitrogens with two attached hydrogens (primary N) is 1. The first-order valence-corrected chi connectivity index (χ1v) is 3.97. The number of aliphatic hydroxyl groups is 1. The van der Waals surface area contributed by atoms with Gasteiger partial charge < -0.3 is 20.5 Å². The van der Waals surface area contributed by atoms with Gasteiger partial charge in [-0.15, -0.1) is 0 Å². The number of carbonyl (C=O) groups excluding carboxylic acids is 2. The Balaban J connectivity index is 2.50. The van der Waals surface area contributed by atoms with E-state index < -0.39 is 17.9 Å². The van der Waals surface area contributed by atoms with Crippen molar-refractivity contribution in [3.05, 3.63) is 0 Å². The summed E-state index contributed by atoms with van der Waals surface area (Å²) in [4.78, 5) is 23.1. The Hall–Kier alpha value is -1.14. The van der Waals surface area contributed by atoms with Gasteiger partial charge in [-0.2, -0.15) is 0 Å². The van der Waals surface area contributed by atoms with Gasteiger partial charge in [-0.05, 0) is 0 Å². The molecule has 0 spiro atoms. The monoisotopic (exact) mass is 188 g/mol. The number of primary amides is 1. The number of hydrogen-bond donors (Lipinski definition) is 2. The normalized spacial score (nSPS) is 19.6. The number of nitrogens with zero attached hydrogens (tertiary/aromatic N) is 1. The van der Waals surface area contributed by atoms with E-state index in [-0.39, 0.29) is 0 Å². The topological polar surface area (TPSA) is 92.9 Å². The lowest BCUT2D eigenvalue weighted by atomic mass is 10.2. The van der Waals surface area contributed by atoms with Crippen LogP contribution in [0.2, 0.25) is 0 Å². The quantitative estimate of drug-likeness (QED) is 0.476. The van der Waals surface area contributed by atoms with Crippen LogP contribution in [-0.2, 0) is 14.3 Å². The second kappa shape index (κ2) is 4.20. The van der Waals surface area contributed by atoms with Crippen molar-refractivity contribution in [2.45, 2.75) is 6.10 Å². The first kappa shape index (κ1) is 9.94. The first-order chi connectivity index (χ1) is 6.13. The molecule has 1 fully saturated rings. The average Bonchev–Trinajstić information content (AvgIpc) is 2.17. The third-order valence-corrected chi connectivity index (χ3v) is 1.83. The third kappa shape index (κ3) is 2.40. The fourth-order valence-corrected chi connectivity index (χ4v) is 1.08. The summed E-state index contributed by atoms with van der Waals surface area (Å²) < 4.78 is 5.00. The largest absolute Gasteiger partial charge is 0.378 e. The van der Waals surface area contributed by atoms with Crippen molar-refractivity contribution < 1.29 is 19.4 Å². The second-order valence-corrected chi connectivity index (χ2v) is 2.74. The van der Waals surface area contributed by atoms with E-state index in [4.69, 9.17) is 15.6 Å². The van der Waals surface area contributed by atoms with E-state index in [0.717, 1.165) is 0 Å². The van der Waals surface area contributed by atoms with E-state index in [2.05, 4.69) is 0 Å². The molecule has 3 N–H and O–H groups in total. The maximum absolute atomic E-state index is 11.3. The molecule has 74 valence electrons. The van der Waals surface area contributed by atoms with Gasteiger partial charge in [-0.3, -0.25) is 9.59 Å². The molecule has 0 aliphatic carbocycles. The smallest absolute Gasteiger partial charge is 0.261 e. The Morgan fingerprint density at radius 3 is 2.38 bits per heavy atom. The lowest BCUT2D eigenvalue weighted by molar-refractivity contribution is -0.149. The third-order valence-electron chi connectivity index (χ3n) is 1.83. The molecule has 0 aromatic rings. The number of hydrogen-bond acceptors (Lipinski definition) is 4. The van der Waals surface area contributed by atoms with Gasteiger partial charge in [0.2, 0.25) is 6.10 Å². The molecule has 0 bridgehead atoms. The lowest BCUT2D eigenvalue weighted by Gasteiger charge is -2.27. The number of ether oxygens (including phenoxy) is 1. The summed E-state index contributed by atoms with van der Waals surface area (Å²) in [5.74, 6) is -1.66. The van der Waals surface area contributed by atoms with E-state index in [9.17, 15) is 9.59 Å². The van der Waals surface area contributed by atoms with E-state index in [1.54, 1.807) is 0 Å². The van der Waals surface area contributed by atoms with Crippen LogP contribution < -0.4 is 5.73 Å². The van der Waals surface area contributed by atoms with Crippen molar-refractivity contribution in [3.8, 4) is 0 Å². The van der Waals surface area contributed by atoms with Gasteiger partial charge in [-0.1, -0.05) is 0 Å². The Labute approximate surface area is 75.3 Å². The van der Waals surface area contributed by atoms with Crippen molar-refractivity contribution in [1.29, 1.82) is 0 Å². The van der Waals surface area contributed by atoms with E-state index in [1.165, 1.54) is 4.90 Å². The van der Waals surface area contributed by atoms with Gasteiger partial charge in [-0.25, -0.2) is 0 Å². The van der Waals surface area contributed by atoms with E-state index >= 15 is 0 Å². The molecule has 1 aliphatic heterocycles. The fraction of sp³-hybridized carbons (Fsp3) is 0.714. The molecule has 1 aliphatic rings. The second-order valence-electron chi connectivity index (χ2n) is 2.74. The van der Waals surface area contributed by atoms with Crippen LogP contribution in [0.25, 0.3) is 0 Å². The molecule has 13 heavy (non-hydrogen) atoms. The highest BCUT2D eigenvalue weighted by Crippen LogP contribution is 2.00. The molecule has 2 amide bonds. The maximum atomic E-state index is 11.3. The van der Waals surface area contributed by atoms with Crippen LogP contribution in [0.5, 0.6) is 0 Å². The molecule has 6 nitrogen and oxygen atoms in total. The SMILES string of the molecule is NC(=O)[C@@H](O)C(=O)N1CCOCC1. The van der Waals surface area contributed by atoms with Gasteiger partial charge in [0, 0.05) is 13.1 Å². The van der Waals surface area contributed by atoms with Crippen molar-refractivity contribution in [2.75, 3.05) is 26.3 Å². The van der Waals surface area contributed by atoms with Crippen LogP contribution in [0.1, 0.15) is 0 Å². The van der Waals surface area contributed by atoms with Crippen LogP contribution in [0.15, 0.2) is 0 Å². The number of rotatable bonds is 2. The zero-order valence-corrected chi connectivity index (χ0v) is 7.10. The van der Waals surface area contributed by atoms with E-state index in [0.29, 0.717) is 26.3 Å². The van der Waals surface area contributed by atoms with Crippen molar-refractivity contribution >= 4 is 11.8 Å². The average molecular weight is 188 g/mol. The summed E-state index contributed by atoms with van der Waals surface area (Å²) >= 11 is 0.